The predicted octanol–water partition coefficient (Wildman–Crippen LogP) is 2.68. The van der Waals surface area contributed by atoms with Crippen LogP contribution in [-0.4, -0.2) is 76.9 Å². The molecule has 0 aliphatic carbocycles. The van der Waals surface area contributed by atoms with Gasteiger partial charge in [-0.1, -0.05) is 58.2 Å². The van der Waals surface area contributed by atoms with E-state index >= 15 is 0 Å². The normalized spacial score (nSPS) is 23.7. The number of rotatable bonds is 12. The smallest absolute Gasteiger partial charge is 0.246 e. The summed E-state index contributed by atoms with van der Waals surface area (Å²) in [4.78, 5) is 74.0. The van der Waals surface area contributed by atoms with Crippen molar-refractivity contribution in [1.82, 2.24) is 25.6 Å². The lowest BCUT2D eigenvalue weighted by atomic mass is 9.95. The average molecular weight is 610 g/mol. The summed E-state index contributed by atoms with van der Waals surface area (Å²) >= 11 is 0. The predicted molar refractivity (Wildman–Crippen MR) is 167 cm³/mol. The number of benzene rings is 1. The average Bonchev–Trinajstić information content (AvgIpc) is 3.66. The highest BCUT2D eigenvalue weighted by Crippen LogP contribution is 2.24. The van der Waals surface area contributed by atoms with Gasteiger partial charge < -0.3 is 25.7 Å². The summed E-state index contributed by atoms with van der Waals surface area (Å²) in [7, 11) is 1.56. The summed E-state index contributed by atoms with van der Waals surface area (Å²) in [6.07, 6.45) is 7.18. The Kier molecular flexibility index (Phi) is 11.4. The van der Waals surface area contributed by atoms with Crippen LogP contribution in [0, 0.1) is 5.92 Å². The third kappa shape index (κ3) is 7.60. The van der Waals surface area contributed by atoms with Crippen molar-refractivity contribution in [2.45, 2.75) is 109 Å². The fourth-order valence-corrected chi connectivity index (χ4v) is 6.21. The van der Waals surface area contributed by atoms with Crippen LogP contribution >= 0.6 is 0 Å². The molecule has 4 amide bonds. The zero-order valence-electron chi connectivity index (χ0n) is 26.4. The van der Waals surface area contributed by atoms with Gasteiger partial charge in [0.25, 0.3) is 0 Å². The minimum absolute atomic E-state index is 0.155. The topological polar surface area (TPSA) is 139 Å². The lowest BCUT2D eigenvalue weighted by molar-refractivity contribution is -0.144. The number of amides is 4. The fraction of sp³-hybridized carbons (Fsp3) is 0.606. The molecule has 240 valence electrons. The van der Waals surface area contributed by atoms with Gasteiger partial charge in [0, 0.05) is 37.4 Å². The summed E-state index contributed by atoms with van der Waals surface area (Å²) in [6.45, 7) is 6.12. The third-order valence-corrected chi connectivity index (χ3v) is 9.11. The second-order valence-corrected chi connectivity index (χ2v) is 12.1. The molecular formula is C33H47N5O6. The number of carbonyl (C=O) groups excluding carboxylic acids is 5. The van der Waals surface area contributed by atoms with Crippen molar-refractivity contribution < 1.29 is 28.8 Å². The Labute approximate surface area is 259 Å². The van der Waals surface area contributed by atoms with Crippen LogP contribution in [0.15, 0.2) is 30.5 Å². The minimum atomic E-state index is -1.01. The van der Waals surface area contributed by atoms with Crippen LogP contribution in [0.25, 0.3) is 10.9 Å². The van der Waals surface area contributed by atoms with Crippen molar-refractivity contribution in [2.75, 3.05) is 13.7 Å². The number of nitrogens with zero attached hydrogens (tertiary/aromatic N) is 2. The molecule has 4 rings (SSSR count). The van der Waals surface area contributed by atoms with Gasteiger partial charge in [-0.25, -0.2) is 0 Å². The first kappa shape index (κ1) is 33.0. The fourth-order valence-electron chi connectivity index (χ4n) is 6.21. The third-order valence-electron chi connectivity index (χ3n) is 9.11. The van der Waals surface area contributed by atoms with Crippen molar-refractivity contribution >= 4 is 40.3 Å². The molecule has 5 atom stereocenters. The van der Waals surface area contributed by atoms with Crippen molar-refractivity contribution in [3.63, 3.8) is 0 Å². The van der Waals surface area contributed by atoms with E-state index in [1.54, 1.807) is 22.9 Å². The van der Waals surface area contributed by atoms with Gasteiger partial charge in [-0.15, -0.1) is 0 Å². The largest absolute Gasteiger partial charge is 0.417 e. The maximum absolute atomic E-state index is 14.0. The highest BCUT2D eigenvalue weighted by molar-refractivity contribution is 5.98. The quantitative estimate of drug-likeness (QED) is 0.317. The number of carbonyl (C=O) groups is 5. The van der Waals surface area contributed by atoms with E-state index in [-0.39, 0.29) is 29.9 Å². The molecule has 1 aromatic heterocycles. The highest BCUT2D eigenvalue weighted by atomic mass is 16.6. The molecule has 2 aromatic rings. The first-order valence-electron chi connectivity index (χ1n) is 16.0. The van der Waals surface area contributed by atoms with Crippen molar-refractivity contribution in [3.8, 4) is 0 Å². The van der Waals surface area contributed by atoms with Crippen LogP contribution < -0.4 is 20.8 Å². The van der Waals surface area contributed by atoms with Gasteiger partial charge in [-0.3, -0.25) is 24.0 Å². The molecule has 1 aromatic carbocycles. The van der Waals surface area contributed by atoms with Gasteiger partial charge in [0.05, 0.1) is 5.52 Å². The van der Waals surface area contributed by atoms with Gasteiger partial charge >= 0.3 is 0 Å². The Morgan fingerprint density at radius 2 is 1.70 bits per heavy atom. The van der Waals surface area contributed by atoms with Crippen LogP contribution in [0.4, 0.5) is 0 Å². The molecule has 2 aliphatic heterocycles. The summed E-state index contributed by atoms with van der Waals surface area (Å²) < 4.78 is 1.62. The second kappa shape index (κ2) is 15.2. The van der Waals surface area contributed by atoms with Crippen LogP contribution in [0.2, 0.25) is 0 Å². The lowest BCUT2D eigenvalue weighted by Crippen LogP contribution is -2.62. The molecular weight excluding hydrogens is 562 g/mol. The standard InChI is InChI=1S/C33H47N5O6/c1-5-21(3)29-33(43)37-18-12-17-28(37)32(42)34-25(15-9-7-8-13-23(39)6-2)30(40)35-26(31(41)36-29)19-22-20-38(44-4)27-16-11-10-14-24(22)27/h10-11,14,16,20-21,25-26,28-29H,5-9,12-13,15,17-19H2,1-4H3,(H,34,42)(H,35,40)(H,36,41)/t21?,25-,26-,28+,29-/m0/s1. The minimum Gasteiger partial charge on any atom is -0.417 e. The molecule has 1 unspecified atom stereocenters. The number of unbranched alkanes of at least 4 members (excludes halogenated alkanes) is 2. The Morgan fingerprint density at radius 1 is 0.977 bits per heavy atom. The molecule has 2 saturated heterocycles. The van der Waals surface area contributed by atoms with Crippen molar-refractivity contribution in [3.05, 3.63) is 36.0 Å². The van der Waals surface area contributed by atoms with E-state index in [4.69, 9.17) is 4.84 Å². The van der Waals surface area contributed by atoms with Gasteiger partial charge in [0.15, 0.2) is 0 Å². The van der Waals surface area contributed by atoms with Crippen LogP contribution in [-0.2, 0) is 30.4 Å². The number of hydrogen-bond donors (Lipinski definition) is 3. The van der Waals surface area contributed by atoms with Gasteiger partial charge in [-0.05, 0) is 43.2 Å². The van der Waals surface area contributed by atoms with E-state index in [1.807, 2.05) is 45.0 Å². The Balaban J connectivity index is 1.65. The number of para-hydroxylation sites is 1. The van der Waals surface area contributed by atoms with E-state index in [1.165, 1.54) is 0 Å². The number of ketones is 1. The van der Waals surface area contributed by atoms with E-state index in [9.17, 15) is 24.0 Å². The Bertz CT molecular complexity index is 1360. The molecule has 0 radical (unpaired) electrons. The summed E-state index contributed by atoms with van der Waals surface area (Å²) in [6, 6.07) is 4.21. The summed E-state index contributed by atoms with van der Waals surface area (Å²) in [5.41, 5.74) is 1.62. The SMILES string of the molecule is CCC(=O)CCCCC[C@@H]1NC(=O)[C@H]2CCCN2C(=O)[C@H](C(C)CC)NC(=O)[C@H](Cc2cn(OC)c3ccccc23)NC1=O. The molecule has 0 spiro atoms. The van der Waals surface area contributed by atoms with E-state index in [0.717, 1.165) is 22.9 Å². The monoisotopic (exact) mass is 609 g/mol. The molecule has 3 N–H and O–H groups in total. The second-order valence-electron chi connectivity index (χ2n) is 12.1. The van der Waals surface area contributed by atoms with Gasteiger partial charge in [0.2, 0.25) is 23.6 Å². The van der Waals surface area contributed by atoms with E-state index < -0.39 is 36.0 Å². The first-order valence-corrected chi connectivity index (χ1v) is 16.0. The number of Topliss-reactive ketones (excluding diaryl/α,β-unsaturated/α-hetero) is 1. The molecule has 44 heavy (non-hydrogen) atoms. The van der Waals surface area contributed by atoms with Crippen molar-refractivity contribution in [2.24, 2.45) is 5.92 Å². The first-order chi connectivity index (χ1) is 21.2. The van der Waals surface area contributed by atoms with E-state index in [0.29, 0.717) is 57.9 Å². The zero-order chi connectivity index (χ0) is 31.8. The van der Waals surface area contributed by atoms with Gasteiger partial charge in [0.1, 0.15) is 37.1 Å². The molecule has 2 fully saturated rings. The Morgan fingerprint density at radius 3 is 2.43 bits per heavy atom. The molecule has 2 aliphatic rings. The van der Waals surface area contributed by atoms with Crippen LogP contribution in [0.3, 0.4) is 0 Å². The maximum atomic E-state index is 14.0. The van der Waals surface area contributed by atoms with Gasteiger partial charge in [-0.2, -0.15) is 4.73 Å². The zero-order valence-corrected chi connectivity index (χ0v) is 26.4. The highest BCUT2D eigenvalue weighted by Gasteiger charge is 2.41. The molecule has 0 saturated carbocycles. The lowest BCUT2D eigenvalue weighted by Gasteiger charge is -2.34. The molecule has 11 nitrogen and oxygen atoms in total. The number of fused-ring (bicyclic) bond motifs is 2. The molecule has 0 bridgehead atoms. The van der Waals surface area contributed by atoms with E-state index in [2.05, 4.69) is 16.0 Å². The number of nitrogens with one attached hydrogen (secondary N) is 3. The Hall–Kier alpha value is -3.89. The summed E-state index contributed by atoms with van der Waals surface area (Å²) in [5.74, 6) is -1.51. The number of aromatic nitrogens is 1. The summed E-state index contributed by atoms with van der Waals surface area (Å²) in [5, 5.41) is 9.69. The van der Waals surface area contributed by atoms with Crippen LogP contribution in [0.1, 0.15) is 84.1 Å². The maximum Gasteiger partial charge on any atom is 0.246 e. The molecule has 11 heteroatoms. The number of hydrogen-bond acceptors (Lipinski definition) is 6. The molecule has 3 heterocycles. The van der Waals surface area contributed by atoms with Crippen LogP contribution in [0.5, 0.6) is 0 Å². The van der Waals surface area contributed by atoms with Crippen molar-refractivity contribution in [1.29, 1.82) is 0 Å².